The van der Waals surface area contributed by atoms with E-state index < -0.39 is 0 Å². The lowest BCUT2D eigenvalue weighted by atomic mass is 10.2. The van der Waals surface area contributed by atoms with E-state index in [1.807, 2.05) is 0 Å². The fourth-order valence-corrected chi connectivity index (χ4v) is 1.25. The molecule has 0 saturated carbocycles. The highest BCUT2D eigenvalue weighted by Gasteiger charge is 2.30. The highest BCUT2D eigenvalue weighted by Crippen LogP contribution is 2.16. The summed E-state index contributed by atoms with van der Waals surface area (Å²) in [5, 5.41) is 0. The van der Waals surface area contributed by atoms with Crippen LogP contribution in [0.2, 0.25) is 0 Å². The van der Waals surface area contributed by atoms with Crippen LogP contribution >= 0.6 is 0 Å². The Balaban J connectivity index is 2.50. The summed E-state index contributed by atoms with van der Waals surface area (Å²) in [5.41, 5.74) is 0.700. The fraction of sp³-hybridized carbons (Fsp3) is 0. The Morgan fingerprint density at radius 3 is 1.50 bits per heavy atom. The van der Waals surface area contributed by atoms with E-state index in [0.717, 1.165) is 0 Å². The number of nitroso groups, excluding NO2 is 2. The van der Waals surface area contributed by atoms with Crippen LogP contribution in [0.15, 0.2) is 60.3 Å². The van der Waals surface area contributed by atoms with Crippen LogP contribution in [0.4, 0.5) is 0 Å². The first-order valence-corrected chi connectivity index (χ1v) is 4.16. The molecule has 0 aromatic rings. The van der Waals surface area contributed by atoms with E-state index in [4.69, 9.17) is 0 Å². The smallest absolute Gasteiger partial charge is 0.0491 e. The zero-order valence-corrected chi connectivity index (χ0v) is 7.33. The van der Waals surface area contributed by atoms with Gasteiger partial charge >= 0.3 is 11.4 Å². The monoisotopic (exact) mass is 188 g/mol. The van der Waals surface area contributed by atoms with E-state index in [1.165, 1.54) is 12.4 Å². The van der Waals surface area contributed by atoms with Crippen molar-refractivity contribution >= 4 is 0 Å². The molecule has 14 heavy (non-hydrogen) atoms. The summed E-state index contributed by atoms with van der Waals surface area (Å²) in [7, 11) is 0. The van der Waals surface area contributed by atoms with Gasteiger partial charge in [-0.1, -0.05) is 0 Å². The minimum absolute atomic E-state index is 0.350. The first kappa shape index (κ1) is 8.50. The fourth-order valence-electron chi connectivity index (χ4n) is 1.25. The van der Waals surface area contributed by atoms with Crippen LogP contribution in [0.1, 0.15) is 0 Å². The van der Waals surface area contributed by atoms with E-state index in [2.05, 4.69) is 0 Å². The van der Waals surface area contributed by atoms with Gasteiger partial charge in [-0.2, -0.15) is 0 Å². The Kier molecular flexibility index (Phi) is 2.02. The maximum Gasteiger partial charge on any atom is 0.338 e. The molecule has 0 amide bonds. The average Bonchev–Trinajstić information content (AvgIpc) is 2.20. The van der Waals surface area contributed by atoms with Crippen molar-refractivity contribution in [2.45, 2.75) is 0 Å². The Hall–Kier alpha value is -2.10. The Labute approximate surface area is 80.4 Å². The molecule has 2 rings (SSSR count). The van der Waals surface area contributed by atoms with Gasteiger partial charge in [-0.25, -0.2) is 0 Å². The van der Waals surface area contributed by atoms with Crippen LogP contribution in [-0.2, 0) is 0 Å². The van der Waals surface area contributed by atoms with Gasteiger partial charge in [0.25, 0.3) is 0 Å². The SMILES string of the molecule is O=[N+]1C=CC=C/C1=C1\C=CC=C[N+]1=O. The van der Waals surface area contributed by atoms with Gasteiger partial charge in [0.05, 0.1) is 9.52 Å². The summed E-state index contributed by atoms with van der Waals surface area (Å²) in [6.07, 6.45) is 12.6. The lowest BCUT2D eigenvalue weighted by molar-refractivity contribution is -0.464. The molecule has 0 fully saturated rings. The molecule has 0 aliphatic carbocycles. The van der Waals surface area contributed by atoms with Crippen LogP contribution in [0.25, 0.3) is 0 Å². The normalized spacial score (nSPS) is 24.9. The summed E-state index contributed by atoms with van der Waals surface area (Å²) in [4.78, 5) is 22.7. The van der Waals surface area contributed by atoms with Gasteiger partial charge in [0.15, 0.2) is 0 Å². The molecule has 4 heteroatoms. The van der Waals surface area contributed by atoms with Gasteiger partial charge < -0.3 is 0 Å². The highest BCUT2D eigenvalue weighted by atomic mass is 16.3. The molecule has 0 atom stereocenters. The Morgan fingerprint density at radius 1 is 0.714 bits per heavy atom. The van der Waals surface area contributed by atoms with Crippen molar-refractivity contribution in [2.24, 2.45) is 0 Å². The molecule has 2 aliphatic heterocycles. The zero-order chi connectivity index (χ0) is 9.97. The van der Waals surface area contributed by atoms with E-state index in [9.17, 15) is 9.81 Å². The minimum atomic E-state index is 0.350. The number of allylic oxidation sites excluding steroid dienone is 6. The molecule has 68 valence electrons. The second kappa shape index (κ2) is 3.33. The van der Waals surface area contributed by atoms with Crippen LogP contribution in [-0.4, -0.2) is 9.52 Å². The molecule has 0 unspecified atom stereocenters. The van der Waals surface area contributed by atoms with Crippen molar-refractivity contribution in [1.29, 1.82) is 0 Å². The van der Waals surface area contributed by atoms with Crippen LogP contribution in [0.3, 0.4) is 0 Å². The van der Waals surface area contributed by atoms with Crippen molar-refractivity contribution in [3.05, 3.63) is 70.1 Å². The number of rotatable bonds is 0. The molecular weight excluding hydrogens is 180 g/mol. The van der Waals surface area contributed by atoms with Gasteiger partial charge in [0.1, 0.15) is 0 Å². The molecule has 0 saturated heterocycles. The standard InChI is InChI=1S/C10H8N2O2/c13-11-7-3-1-5-9(11)10-6-2-4-8-12(10)14/h1-8H/q+2/b10-9-. The van der Waals surface area contributed by atoms with Crippen molar-refractivity contribution in [2.75, 3.05) is 0 Å². The summed E-state index contributed by atoms with van der Waals surface area (Å²) < 4.78 is 1.34. The minimum Gasteiger partial charge on any atom is -0.0491 e. The van der Waals surface area contributed by atoms with Crippen molar-refractivity contribution in [3.8, 4) is 0 Å². The lowest BCUT2D eigenvalue weighted by Crippen LogP contribution is -2.10. The van der Waals surface area contributed by atoms with Crippen LogP contribution in [0, 0.1) is 9.81 Å². The molecule has 2 aliphatic rings. The molecule has 0 bridgehead atoms. The van der Waals surface area contributed by atoms with Gasteiger partial charge in [-0.3, -0.25) is 0 Å². The summed E-state index contributed by atoms with van der Waals surface area (Å²) in [5.74, 6) is 0. The van der Waals surface area contributed by atoms with E-state index >= 15 is 0 Å². The summed E-state index contributed by atoms with van der Waals surface area (Å²) in [6.45, 7) is 0. The maximum atomic E-state index is 11.3. The first-order valence-electron chi connectivity index (χ1n) is 4.16. The Morgan fingerprint density at radius 2 is 1.14 bits per heavy atom. The zero-order valence-electron chi connectivity index (χ0n) is 7.33. The first-order chi connectivity index (χ1) is 6.79. The average molecular weight is 188 g/mol. The molecule has 0 N–H and O–H groups in total. The van der Waals surface area contributed by atoms with Crippen molar-refractivity contribution in [3.63, 3.8) is 0 Å². The van der Waals surface area contributed by atoms with Gasteiger partial charge in [-0.15, -0.1) is 0 Å². The second-order valence-electron chi connectivity index (χ2n) is 2.82. The topological polar surface area (TPSA) is 40.2 Å². The molecule has 0 spiro atoms. The van der Waals surface area contributed by atoms with Crippen molar-refractivity contribution < 1.29 is 9.52 Å². The second-order valence-corrected chi connectivity index (χ2v) is 2.82. The predicted molar refractivity (Wildman–Crippen MR) is 50.8 cm³/mol. The van der Waals surface area contributed by atoms with E-state index in [1.54, 1.807) is 36.5 Å². The third kappa shape index (κ3) is 1.37. The molecule has 0 radical (unpaired) electrons. The number of nitrogens with zero attached hydrogens (tertiary/aromatic N) is 2. The van der Waals surface area contributed by atoms with E-state index in [0.29, 0.717) is 20.9 Å². The molecule has 0 aromatic heterocycles. The van der Waals surface area contributed by atoms with Gasteiger partial charge in [-0.05, 0) is 12.2 Å². The summed E-state index contributed by atoms with van der Waals surface area (Å²) >= 11 is 0. The highest BCUT2D eigenvalue weighted by molar-refractivity contribution is 5.30. The maximum absolute atomic E-state index is 11.3. The van der Waals surface area contributed by atoms with E-state index in [-0.39, 0.29) is 0 Å². The quantitative estimate of drug-likeness (QED) is 0.545. The largest absolute Gasteiger partial charge is 0.338 e. The van der Waals surface area contributed by atoms with Gasteiger partial charge in [0.2, 0.25) is 12.4 Å². The Bertz CT molecular complexity index is 409. The number of hydrogen-bond acceptors (Lipinski definition) is 2. The lowest BCUT2D eigenvalue weighted by Gasteiger charge is -1.94. The van der Waals surface area contributed by atoms with Gasteiger partial charge in [0, 0.05) is 34.1 Å². The molecule has 4 nitrogen and oxygen atoms in total. The molecule has 0 aromatic carbocycles. The number of hydrogen-bond donors (Lipinski definition) is 0. The molecular formula is C10H8N2O2+2. The molecule has 2 heterocycles. The summed E-state index contributed by atoms with van der Waals surface area (Å²) in [6, 6.07) is 0. The van der Waals surface area contributed by atoms with Crippen LogP contribution < -0.4 is 0 Å². The van der Waals surface area contributed by atoms with Crippen molar-refractivity contribution in [1.82, 2.24) is 0 Å². The third-order valence-electron chi connectivity index (χ3n) is 1.91. The predicted octanol–water partition coefficient (Wildman–Crippen LogP) is 1.92. The third-order valence-corrected chi connectivity index (χ3v) is 1.91. The van der Waals surface area contributed by atoms with Crippen LogP contribution in [0.5, 0.6) is 0 Å².